The maximum atomic E-state index is 11.8. The number of aryl methyl sites for hydroxylation is 1. The van der Waals surface area contributed by atoms with Crippen LogP contribution in [0.5, 0.6) is 0 Å². The van der Waals surface area contributed by atoms with Gasteiger partial charge in [-0.05, 0) is 12.0 Å². The number of aliphatic carboxylic acids is 1. The summed E-state index contributed by atoms with van der Waals surface area (Å²) in [5.41, 5.74) is 0. The number of aromatic nitrogens is 2. The first-order chi connectivity index (χ1) is 7.83. The number of carboxylic acids is 1. The lowest BCUT2D eigenvalue weighted by Crippen LogP contribution is -2.30. The Kier molecular flexibility index (Phi) is 4.24. The summed E-state index contributed by atoms with van der Waals surface area (Å²) >= 11 is 0. The molecule has 0 aromatic carbocycles. The minimum Gasteiger partial charge on any atom is -0.481 e. The molecule has 0 aliphatic carbocycles. The van der Waals surface area contributed by atoms with Crippen molar-refractivity contribution >= 4 is 16.0 Å². The van der Waals surface area contributed by atoms with Crippen LogP contribution in [0.3, 0.4) is 0 Å². The van der Waals surface area contributed by atoms with Gasteiger partial charge < -0.3 is 5.11 Å². The summed E-state index contributed by atoms with van der Waals surface area (Å²) in [6.07, 6.45) is 1.31. The molecule has 0 amide bonds. The van der Waals surface area contributed by atoms with Gasteiger partial charge in [0, 0.05) is 20.0 Å². The van der Waals surface area contributed by atoms with E-state index < -0.39 is 16.0 Å². The van der Waals surface area contributed by atoms with E-state index in [-0.39, 0.29) is 23.9 Å². The molecule has 0 saturated heterocycles. The lowest BCUT2D eigenvalue weighted by molar-refractivity contribution is -0.137. The summed E-state index contributed by atoms with van der Waals surface area (Å²) in [6, 6.07) is 1.38. The predicted molar refractivity (Wildman–Crippen MR) is 59.8 cm³/mol. The van der Waals surface area contributed by atoms with Crippen LogP contribution in [-0.2, 0) is 21.9 Å². The van der Waals surface area contributed by atoms with Crippen molar-refractivity contribution in [1.29, 1.82) is 0 Å². The van der Waals surface area contributed by atoms with E-state index in [4.69, 9.17) is 5.11 Å². The Labute approximate surface area is 99.5 Å². The summed E-state index contributed by atoms with van der Waals surface area (Å²) in [4.78, 5) is 10.4. The quantitative estimate of drug-likeness (QED) is 0.739. The van der Waals surface area contributed by atoms with Gasteiger partial charge in [-0.25, -0.2) is 13.1 Å². The zero-order valence-corrected chi connectivity index (χ0v) is 10.4. The van der Waals surface area contributed by atoms with Gasteiger partial charge in [0.2, 0.25) is 0 Å². The molecule has 1 aromatic heterocycles. The topological polar surface area (TPSA) is 101 Å². The minimum absolute atomic E-state index is 0.0556. The second kappa shape index (κ2) is 5.28. The van der Waals surface area contributed by atoms with Crippen molar-refractivity contribution in [3.8, 4) is 0 Å². The third kappa shape index (κ3) is 3.82. The Morgan fingerprint density at radius 1 is 1.65 bits per heavy atom. The van der Waals surface area contributed by atoms with Gasteiger partial charge in [0.05, 0.1) is 6.20 Å². The third-order valence-electron chi connectivity index (χ3n) is 2.20. The Morgan fingerprint density at radius 3 is 2.76 bits per heavy atom. The Balaban J connectivity index is 2.63. The number of sulfonamides is 1. The van der Waals surface area contributed by atoms with Gasteiger partial charge in [-0.3, -0.25) is 9.48 Å². The lowest BCUT2D eigenvalue weighted by atomic mass is 10.1. The summed E-state index contributed by atoms with van der Waals surface area (Å²) < 4.78 is 27.2. The van der Waals surface area contributed by atoms with Crippen LogP contribution in [0.25, 0.3) is 0 Å². The molecular formula is C9H15N3O4S. The summed E-state index contributed by atoms with van der Waals surface area (Å²) in [5.74, 6) is -1.22. The van der Waals surface area contributed by atoms with E-state index in [2.05, 4.69) is 9.82 Å². The molecule has 0 saturated carbocycles. The standard InChI is InChI=1S/C9H15N3O4S/c1-7(5-9(13)14)6-11-17(15,16)8-3-4-10-12(8)2/h3-4,7,11H,5-6H2,1-2H3,(H,13,14). The maximum Gasteiger partial charge on any atom is 0.303 e. The van der Waals surface area contributed by atoms with E-state index in [1.165, 1.54) is 24.0 Å². The third-order valence-corrected chi connectivity index (χ3v) is 3.69. The molecule has 0 spiro atoms. The minimum atomic E-state index is -3.62. The largest absolute Gasteiger partial charge is 0.481 e. The molecule has 1 heterocycles. The lowest BCUT2D eigenvalue weighted by Gasteiger charge is -2.10. The first-order valence-corrected chi connectivity index (χ1v) is 6.50. The zero-order chi connectivity index (χ0) is 13.1. The number of carboxylic acid groups (broad SMARTS) is 1. The highest BCUT2D eigenvalue weighted by Crippen LogP contribution is 2.07. The van der Waals surface area contributed by atoms with E-state index in [1.807, 2.05) is 0 Å². The molecule has 17 heavy (non-hydrogen) atoms. The van der Waals surface area contributed by atoms with E-state index in [0.717, 1.165) is 0 Å². The van der Waals surface area contributed by atoms with Gasteiger partial charge in [0.15, 0.2) is 5.03 Å². The second-order valence-electron chi connectivity index (χ2n) is 3.85. The van der Waals surface area contributed by atoms with Crippen molar-refractivity contribution in [2.24, 2.45) is 13.0 Å². The molecule has 7 nitrogen and oxygen atoms in total. The molecule has 2 N–H and O–H groups in total. The summed E-state index contributed by atoms with van der Waals surface area (Å²) in [6.45, 7) is 1.75. The van der Waals surface area contributed by atoms with E-state index in [0.29, 0.717) is 0 Å². The number of nitrogens with one attached hydrogen (secondary N) is 1. The van der Waals surface area contributed by atoms with E-state index >= 15 is 0 Å². The number of hydrogen-bond donors (Lipinski definition) is 2. The number of nitrogens with zero attached hydrogens (tertiary/aromatic N) is 2. The average Bonchev–Trinajstić information content (AvgIpc) is 2.61. The van der Waals surface area contributed by atoms with Crippen LogP contribution in [0.2, 0.25) is 0 Å². The molecule has 1 unspecified atom stereocenters. The van der Waals surface area contributed by atoms with E-state index in [9.17, 15) is 13.2 Å². The van der Waals surface area contributed by atoms with Gasteiger partial charge in [0.1, 0.15) is 0 Å². The molecule has 0 aliphatic heterocycles. The summed E-state index contributed by atoms with van der Waals surface area (Å²) in [5, 5.41) is 12.4. The van der Waals surface area contributed by atoms with Crippen molar-refractivity contribution < 1.29 is 18.3 Å². The van der Waals surface area contributed by atoms with Gasteiger partial charge in [-0.15, -0.1) is 0 Å². The van der Waals surface area contributed by atoms with Crippen molar-refractivity contribution in [3.05, 3.63) is 12.3 Å². The number of hydrogen-bond acceptors (Lipinski definition) is 4. The van der Waals surface area contributed by atoms with Crippen molar-refractivity contribution in [2.45, 2.75) is 18.4 Å². The molecule has 1 rings (SSSR count). The highest BCUT2D eigenvalue weighted by molar-refractivity contribution is 7.89. The first kappa shape index (κ1) is 13.7. The fourth-order valence-electron chi connectivity index (χ4n) is 1.32. The van der Waals surface area contributed by atoms with Crippen LogP contribution >= 0.6 is 0 Å². The van der Waals surface area contributed by atoms with Gasteiger partial charge in [0.25, 0.3) is 10.0 Å². The van der Waals surface area contributed by atoms with Crippen molar-refractivity contribution in [3.63, 3.8) is 0 Å². The van der Waals surface area contributed by atoms with Crippen LogP contribution < -0.4 is 4.72 Å². The second-order valence-corrected chi connectivity index (χ2v) is 5.56. The summed E-state index contributed by atoms with van der Waals surface area (Å²) in [7, 11) is -2.10. The fourth-order valence-corrected chi connectivity index (χ4v) is 2.61. The van der Waals surface area contributed by atoms with Gasteiger partial charge >= 0.3 is 5.97 Å². The molecule has 1 aromatic rings. The predicted octanol–water partition coefficient (Wildman–Crippen LogP) is -0.191. The van der Waals surface area contributed by atoms with E-state index in [1.54, 1.807) is 6.92 Å². The molecule has 8 heteroatoms. The molecule has 0 aliphatic rings. The maximum absolute atomic E-state index is 11.8. The molecule has 0 fully saturated rings. The van der Waals surface area contributed by atoms with Gasteiger partial charge in [-0.2, -0.15) is 5.10 Å². The van der Waals surface area contributed by atoms with Gasteiger partial charge in [-0.1, -0.05) is 6.92 Å². The normalized spacial score (nSPS) is 13.5. The first-order valence-electron chi connectivity index (χ1n) is 5.02. The number of rotatable bonds is 6. The highest BCUT2D eigenvalue weighted by Gasteiger charge is 2.19. The smallest absolute Gasteiger partial charge is 0.303 e. The van der Waals surface area contributed by atoms with Crippen LogP contribution in [0.15, 0.2) is 17.3 Å². The fraction of sp³-hybridized carbons (Fsp3) is 0.556. The van der Waals surface area contributed by atoms with Crippen LogP contribution in [0, 0.1) is 5.92 Å². The molecule has 96 valence electrons. The van der Waals surface area contributed by atoms with Crippen molar-refractivity contribution in [2.75, 3.05) is 6.54 Å². The monoisotopic (exact) mass is 261 g/mol. The Hall–Kier alpha value is -1.41. The average molecular weight is 261 g/mol. The van der Waals surface area contributed by atoms with Crippen LogP contribution in [-0.4, -0.2) is 35.8 Å². The van der Waals surface area contributed by atoms with Crippen LogP contribution in [0.1, 0.15) is 13.3 Å². The molecule has 0 radical (unpaired) electrons. The molecular weight excluding hydrogens is 246 g/mol. The Morgan fingerprint density at radius 2 is 2.29 bits per heavy atom. The zero-order valence-electron chi connectivity index (χ0n) is 9.62. The van der Waals surface area contributed by atoms with Crippen LogP contribution in [0.4, 0.5) is 0 Å². The molecule has 0 bridgehead atoms. The Bertz CT molecular complexity index is 494. The highest BCUT2D eigenvalue weighted by atomic mass is 32.2. The van der Waals surface area contributed by atoms with Crippen molar-refractivity contribution in [1.82, 2.24) is 14.5 Å². The number of carbonyl (C=O) groups is 1. The SMILES string of the molecule is CC(CNS(=O)(=O)c1ccnn1C)CC(=O)O. The molecule has 1 atom stereocenters.